The van der Waals surface area contributed by atoms with Crippen LogP contribution in [-0.4, -0.2) is 26.4 Å². The average Bonchev–Trinajstić information content (AvgIpc) is 1.92. The molecule has 2 heteroatoms. The van der Waals surface area contributed by atoms with Crippen molar-refractivity contribution in [1.29, 1.82) is 0 Å². The van der Waals surface area contributed by atoms with Gasteiger partial charge in [-0.2, -0.15) is 0 Å². The van der Waals surface area contributed by atoms with Crippen molar-refractivity contribution in [2.24, 2.45) is 10.8 Å². The average molecular weight is 186 g/mol. The minimum Gasteiger partial charge on any atom is -0.380 e. The fourth-order valence-electron chi connectivity index (χ4n) is 1.35. The lowest BCUT2D eigenvalue weighted by Gasteiger charge is -2.40. The molecule has 0 unspecified atom stereocenters. The first-order chi connectivity index (χ1) is 5.97. The third-order valence-electron chi connectivity index (χ3n) is 2.51. The molecule has 1 aliphatic heterocycles. The highest BCUT2D eigenvalue weighted by molar-refractivity contribution is 4.84. The molecule has 0 amide bonds. The summed E-state index contributed by atoms with van der Waals surface area (Å²) in [4.78, 5) is 0. The van der Waals surface area contributed by atoms with Crippen LogP contribution in [0.5, 0.6) is 0 Å². The van der Waals surface area contributed by atoms with Crippen LogP contribution in [0.4, 0.5) is 0 Å². The predicted molar refractivity (Wildman–Crippen MR) is 53.8 cm³/mol. The Morgan fingerprint density at radius 1 is 1.31 bits per heavy atom. The van der Waals surface area contributed by atoms with Gasteiger partial charge in [0.25, 0.3) is 0 Å². The van der Waals surface area contributed by atoms with Crippen molar-refractivity contribution in [3.05, 3.63) is 0 Å². The zero-order valence-corrected chi connectivity index (χ0v) is 9.35. The summed E-state index contributed by atoms with van der Waals surface area (Å²) in [6.07, 6.45) is 1.16. The van der Waals surface area contributed by atoms with Crippen molar-refractivity contribution in [1.82, 2.24) is 0 Å². The monoisotopic (exact) mass is 186 g/mol. The third kappa shape index (κ3) is 3.28. The first-order valence-electron chi connectivity index (χ1n) is 5.13. The highest BCUT2D eigenvalue weighted by atomic mass is 16.5. The third-order valence-corrected chi connectivity index (χ3v) is 2.51. The zero-order valence-electron chi connectivity index (χ0n) is 9.35. The summed E-state index contributed by atoms with van der Waals surface area (Å²) >= 11 is 0. The molecule has 0 aliphatic carbocycles. The van der Waals surface area contributed by atoms with E-state index in [0.717, 1.165) is 32.8 Å². The second-order valence-electron chi connectivity index (χ2n) is 5.40. The predicted octanol–water partition coefficient (Wildman–Crippen LogP) is 2.48. The van der Waals surface area contributed by atoms with Crippen molar-refractivity contribution in [3.63, 3.8) is 0 Å². The van der Waals surface area contributed by atoms with Gasteiger partial charge in [-0.3, -0.25) is 0 Å². The van der Waals surface area contributed by atoms with Gasteiger partial charge in [-0.05, 0) is 11.8 Å². The summed E-state index contributed by atoms with van der Waals surface area (Å²) in [6, 6.07) is 0. The second-order valence-corrected chi connectivity index (χ2v) is 5.40. The number of hydrogen-bond donors (Lipinski definition) is 0. The Bertz CT molecular complexity index is 148. The highest BCUT2D eigenvalue weighted by Crippen LogP contribution is 2.31. The SMILES string of the molecule is CCC1(COCC(C)(C)C)COC1. The van der Waals surface area contributed by atoms with Crippen LogP contribution in [0, 0.1) is 10.8 Å². The molecule has 0 spiro atoms. The molecule has 0 saturated carbocycles. The molecule has 0 aromatic rings. The largest absolute Gasteiger partial charge is 0.380 e. The van der Waals surface area contributed by atoms with Gasteiger partial charge in [0.15, 0.2) is 0 Å². The topological polar surface area (TPSA) is 18.5 Å². The first kappa shape index (κ1) is 11.0. The van der Waals surface area contributed by atoms with Gasteiger partial charge < -0.3 is 9.47 Å². The van der Waals surface area contributed by atoms with Crippen LogP contribution >= 0.6 is 0 Å². The van der Waals surface area contributed by atoms with Gasteiger partial charge in [0.1, 0.15) is 0 Å². The molecule has 1 fully saturated rings. The van der Waals surface area contributed by atoms with E-state index in [2.05, 4.69) is 27.7 Å². The van der Waals surface area contributed by atoms with Crippen LogP contribution in [0.3, 0.4) is 0 Å². The minimum atomic E-state index is 0.277. The van der Waals surface area contributed by atoms with Crippen molar-refractivity contribution in [2.45, 2.75) is 34.1 Å². The van der Waals surface area contributed by atoms with Crippen molar-refractivity contribution in [3.8, 4) is 0 Å². The van der Waals surface area contributed by atoms with E-state index in [4.69, 9.17) is 9.47 Å². The van der Waals surface area contributed by atoms with Crippen LogP contribution in [0.1, 0.15) is 34.1 Å². The first-order valence-corrected chi connectivity index (χ1v) is 5.13. The second kappa shape index (κ2) is 3.97. The Balaban J connectivity index is 2.18. The number of ether oxygens (including phenoxy) is 2. The van der Waals surface area contributed by atoms with Crippen LogP contribution in [0.25, 0.3) is 0 Å². The molecule has 0 N–H and O–H groups in total. The van der Waals surface area contributed by atoms with E-state index in [1.165, 1.54) is 0 Å². The lowest BCUT2D eigenvalue weighted by atomic mass is 9.84. The smallest absolute Gasteiger partial charge is 0.0566 e. The molecule has 0 atom stereocenters. The molecule has 78 valence electrons. The molecule has 13 heavy (non-hydrogen) atoms. The Morgan fingerprint density at radius 3 is 2.23 bits per heavy atom. The Kier molecular flexibility index (Phi) is 3.36. The highest BCUT2D eigenvalue weighted by Gasteiger charge is 2.37. The van der Waals surface area contributed by atoms with Gasteiger partial charge >= 0.3 is 0 Å². The Hall–Kier alpha value is -0.0800. The van der Waals surface area contributed by atoms with Gasteiger partial charge in [0, 0.05) is 5.41 Å². The zero-order chi connectivity index (χ0) is 9.95. The normalized spacial score (nSPS) is 21.2. The molecular formula is C11H22O2. The summed E-state index contributed by atoms with van der Waals surface area (Å²) in [5, 5.41) is 0. The van der Waals surface area contributed by atoms with E-state index >= 15 is 0 Å². The van der Waals surface area contributed by atoms with Crippen LogP contribution in [-0.2, 0) is 9.47 Å². The molecular weight excluding hydrogens is 164 g/mol. The van der Waals surface area contributed by atoms with Gasteiger partial charge in [-0.25, -0.2) is 0 Å². The van der Waals surface area contributed by atoms with E-state index < -0.39 is 0 Å². The minimum absolute atomic E-state index is 0.277. The molecule has 0 bridgehead atoms. The van der Waals surface area contributed by atoms with Gasteiger partial charge in [0.2, 0.25) is 0 Å². The quantitative estimate of drug-likeness (QED) is 0.671. The van der Waals surface area contributed by atoms with E-state index in [0.29, 0.717) is 5.41 Å². The standard InChI is InChI=1S/C11H22O2/c1-5-11(8-13-9-11)7-12-6-10(2,3)4/h5-9H2,1-4H3. The van der Waals surface area contributed by atoms with Crippen molar-refractivity contribution < 1.29 is 9.47 Å². The van der Waals surface area contributed by atoms with Gasteiger partial charge in [-0.1, -0.05) is 27.7 Å². The summed E-state index contributed by atoms with van der Waals surface area (Å²) in [7, 11) is 0. The van der Waals surface area contributed by atoms with E-state index in [1.54, 1.807) is 0 Å². The van der Waals surface area contributed by atoms with E-state index in [-0.39, 0.29) is 5.41 Å². The van der Waals surface area contributed by atoms with Crippen LogP contribution in [0.15, 0.2) is 0 Å². The van der Waals surface area contributed by atoms with Crippen LogP contribution < -0.4 is 0 Å². The summed E-state index contributed by atoms with van der Waals surface area (Å²) in [6.45, 7) is 12.3. The molecule has 0 aromatic heterocycles. The molecule has 1 saturated heterocycles. The van der Waals surface area contributed by atoms with E-state index in [9.17, 15) is 0 Å². The maximum absolute atomic E-state index is 5.72. The summed E-state index contributed by atoms with van der Waals surface area (Å²) in [5.74, 6) is 0. The number of hydrogen-bond acceptors (Lipinski definition) is 2. The molecule has 1 rings (SSSR count). The summed E-state index contributed by atoms with van der Waals surface area (Å²) in [5.41, 5.74) is 0.616. The lowest BCUT2D eigenvalue weighted by molar-refractivity contribution is -0.155. The van der Waals surface area contributed by atoms with Gasteiger partial charge in [-0.15, -0.1) is 0 Å². The Morgan fingerprint density at radius 2 is 1.92 bits per heavy atom. The number of rotatable bonds is 4. The lowest BCUT2D eigenvalue weighted by Crippen LogP contribution is -2.46. The van der Waals surface area contributed by atoms with Crippen molar-refractivity contribution >= 4 is 0 Å². The maximum Gasteiger partial charge on any atom is 0.0566 e. The van der Waals surface area contributed by atoms with Gasteiger partial charge in [0.05, 0.1) is 26.4 Å². The van der Waals surface area contributed by atoms with E-state index in [1.807, 2.05) is 0 Å². The Labute approximate surface area is 81.6 Å². The molecule has 1 aliphatic rings. The molecule has 0 aromatic carbocycles. The maximum atomic E-state index is 5.72. The molecule has 0 radical (unpaired) electrons. The van der Waals surface area contributed by atoms with Crippen LogP contribution in [0.2, 0.25) is 0 Å². The molecule has 1 heterocycles. The molecule has 2 nitrogen and oxygen atoms in total. The summed E-state index contributed by atoms with van der Waals surface area (Å²) < 4.78 is 10.9. The van der Waals surface area contributed by atoms with Crippen molar-refractivity contribution in [2.75, 3.05) is 26.4 Å². The fourth-order valence-corrected chi connectivity index (χ4v) is 1.35. The fraction of sp³-hybridized carbons (Fsp3) is 1.00.